The second kappa shape index (κ2) is 5.26. The summed E-state index contributed by atoms with van der Waals surface area (Å²) in [7, 11) is 0. The number of pyridine rings is 1. The highest BCUT2D eigenvalue weighted by atomic mass is 16.6. The standard InChI is InChI=1S/C14H20N4O2/c15-13-8-7-12(18(19)20)14(16-13)17-9-3-6-11(17)10-4-1-2-5-10/h7-8,10-11H,1-6,9H2,(H2,15,16). The molecule has 1 aromatic rings. The fourth-order valence-corrected chi connectivity index (χ4v) is 3.70. The normalized spacial score (nSPS) is 23.4. The first-order chi connectivity index (χ1) is 9.66. The van der Waals surface area contributed by atoms with Crippen molar-refractivity contribution in [3.05, 3.63) is 22.2 Å². The van der Waals surface area contributed by atoms with Crippen molar-refractivity contribution in [1.29, 1.82) is 0 Å². The summed E-state index contributed by atoms with van der Waals surface area (Å²) in [5.41, 5.74) is 5.81. The van der Waals surface area contributed by atoms with Crippen LogP contribution in [0.3, 0.4) is 0 Å². The van der Waals surface area contributed by atoms with Crippen LogP contribution in [0.2, 0.25) is 0 Å². The first kappa shape index (κ1) is 13.1. The number of hydrogen-bond acceptors (Lipinski definition) is 5. The van der Waals surface area contributed by atoms with Gasteiger partial charge in [-0.25, -0.2) is 4.98 Å². The van der Waals surface area contributed by atoms with Crippen molar-refractivity contribution in [2.75, 3.05) is 17.2 Å². The molecule has 0 bridgehead atoms. The maximum absolute atomic E-state index is 11.2. The van der Waals surface area contributed by atoms with Crippen LogP contribution in [0.1, 0.15) is 38.5 Å². The average Bonchev–Trinajstić information content (AvgIpc) is 3.09. The molecule has 6 heteroatoms. The van der Waals surface area contributed by atoms with E-state index >= 15 is 0 Å². The minimum Gasteiger partial charge on any atom is -0.384 e. The SMILES string of the molecule is Nc1ccc([N+](=O)[O-])c(N2CCCC2C2CCCC2)n1. The number of nitrogen functional groups attached to an aromatic ring is 1. The highest BCUT2D eigenvalue weighted by Crippen LogP contribution is 2.39. The summed E-state index contributed by atoms with van der Waals surface area (Å²) in [5.74, 6) is 1.47. The third kappa shape index (κ3) is 2.30. The summed E-state index contributed by atoms with van der Waals surface area (Å²) in [6.45, 7) is 0.846. The van der Waals surface area contributed by atoms with Gasteiger partial charge in [0.05, 0.1) is 4.92 Å². The molecule has 0 amide bonds. The molecule has 1 aliphatic carbocycles. The molecule has 0 radical (unpaired) electrons. The van der Waals surface area contributed by atoms with Gasteiger partial charge in [0, 0.05) is 18.7 Å². The predicted octanol–water partition coefficient (Wildman–Crippen LogP) is 2.73. The molecule has 2 aliphatic rings. The van der Waals surface area contributed by atoms with E-state index in [2.05, 4.69) is 9.88 Å². The number of nitrogens with two attached hydrogens (primary N) is 1. The predicted molar refractivity (Wildman–Crippen MR) is 77.6 cm³/mol. The summed E-state index contributed by atoms with van der Waals surface area (Å²) in [5, 5.41) is 11.2. The van der Waals surface area contributed by atoms with E-state index in [4.69, 9.17) is 5.73 Å². The Balaban J connectivity index is 1.94. The Bertz CT molecular complexity index is 514. The lowest BCUT2D eigenvalue weighted by atomic mass is 9.96. The topological polar surface area (TPSA) is 85.3 Å². The van der Waals surface area contributed by atoms with Gasteiger partial charge in [-0.15, -0.1) is 0 Å². The highest BCUT2D eigenvalue weighted by Gasteiger charge is 2.36. The van der Waals surface area contributed by atoms with E-state index in [1.165, 1.54) is 37.8 Å². The molecular weight excluding hydrogens is 256 g/mol. The summed E-state index contributed by atoms with van der Waals surface area (Å²) in [4.78, 5) is 17.2. The molecule has 108 valence electrons. The zero-order valence-corrected chi connectivity index (χ0v) is 11.5. The number of aromatic nitrogens is 1. The number of anilines is 2. The van der Waals surface area contributed by atoms with Gasteiger partial charge in [-0.05, 0) is 37.7 Å². The number of nitro groups is 1. The van der Waals surface area contributed by atoms with Crippen LogP contribution in [-0.2, 0) is 0 Å². The largest absolute Gasteiger partial charge is 0.384 e. The second-order valence-electron chi connectivity index (χ2n) is 5.78. The fraction of sp³-hybridized carbons (Fsp3) is 0.643. The Labute approximate surface area is 118 Å². The van der Waals surface area contributed by atoms with Gasteiger partial charge in [0.25, 0.3) is 0 Å². The minimum absolute atomic E-state index is 0.0732. The summed E-state index contributed by atoms with van der Waals surface area (Å²) in [6.07, 6.45) is 7.21. The average molecular weight is 276 g/mol. The fourth-order valence-electron chi connectivity index (χ4n) is 3.70. The second-order valence-corrected chi connectivity index (χ2v) is 5.78. The monoisotopic (exact) mass is 276 g/mol. The Morgan fingerprint density at radius 1 is 1.25 bits per heavy atom. The Kier molecular flexibility index (Phi) is 3.46. The van der Waals surface area contributed by atoms with E-state index in [-0.39, 0.29) is 10.6 Å². The van der Waals surface area contributed by atoms with Gasteiger partial charge in [0.1, 0.15) is 5.82 Å². The first-order valence-electron chi connectivity index (χ1n) is 7.34. The summed E-state index contributed by atoms with van der Waals surface area (Å²) >= 11 is 0. The molecule has 0 aromatic carbocycles. The van der Waals surface area contributed by atoms with Crippen molar-refractivity contribution in [3.63, 3.8) is 0 Å². The molecule has 3 rings (SSSR count). The highest BCUT2D eigenvalue weighted by molar-refractivity contribution is 5.62. The molecule has 2 heterocycles. The molecule has 1 saturated heterocycles. The van der Waals surface area contributed by atoms with Crippen LogP contribution in [0.5, 0.6) is 0 Å². The van der Waals surface area contributed by atoms with Crippen molar-refractivity contribution in [2.24, 2.45) is 5.92 Å². The molecule has 2 fully saturated rings. The summed E-state index contributed by atoms with van der Waals surface area (Å²) in [6, 6.07) is 3.37. The quantitative estimate of drug-likeness (QED) is 0.677. The lowest BCUT2D eigenvalue weighted by Crippen LogP contribution is -2.35. The van der Waals surface area contributed by atoms with E-state index in [0.29, 0.717) is 23.6 Å². The van der Waals surface area contributed by atoms with E-state index in [9.17, 15) is 10.1 Å². The maximum Gasteiger partial charge on any atom is 0.311 e. The van der Waals surface area contributed by atoms with Gasteiger partial charge >= 0.3 is 5.69 Å². The van der Waals surface area contributed by atoms with Gasteiger partial charge in [-0.1, -0.05) is 12.8 Å². The molecule has 1 aromatic heterocycles. The van der Waals surface area contributed by atoms with Gasteiger partial charge < -0.3 is 10.6 Å². The maximum atomic E-state index is 11.2. The molecule has 0 spiro atoms. The molecule has 6 nitrogen and oxygen atoms in total. The number of rotatable bonds is 3. The molecular formula is C14H20N4O2. The van der Waals surface area contributed by atoms with E-state index in [0.717, 1.165) is 19.4 Å². The molecule has 1 aliphatic heterocycles. The van der Waals surface area contributed by atoms with Gasteiger partial charge in [-0.2, -0.15) is 0 Å². The van der Waals surface area contributed by atoms with Crippen LogP contribution in [0.4, 0.5) is 17.3 Å². The zero-order valence-electron chi connectivity index (χ0n) is 11.5. The van der Waals surface area contributed by atoms with E-state index in [1.54, 1.807) is 0 Å². The van der Waals surface area contributed by atoms with Crippen molar-refractivity contribution < 1.29 is 4.92 Å². The minimum atomic E-state index is -0.355. The number of hydrogen-bond donors (Lipinski definition) is 1. The Morgan fingerprint density at radius 2 is 2.00 bits per heavy atom. The van der Waals surface area contributed by atoms with E-state index in [1.807, 2.05) is 0 Å². The molecule has 2 N–H and O–H groups in total. The summed E-state index contributed by atoms with van der Waals surface area (Å²) < 4.78 is 0. The van der Waals surface area contributed by atoms with Gasteiger partial charge in [0.15, 0.2) is 0 Å². The Morgan fingerprint density at radius 3 is 2.70 bits per heavy atom. The van der Waals surface area contributed by atoms with Crippen LogP contribution in [0.15, 0.2) is 12.1 Å². The van der Waals surface area contributed by atoms with Crippen LogP contribution >= 0.6 is 0 Å². The van der Waals surface area contributed by atoms with Crippen molar-refractivity contribution >= 4 is 17.3 Å². The van der Waals surface area contributed by atoms with E-state index < -0.39 is 0 Å². The smallest absolute Gasteiger partial charge is 0.311 e. The lowest BCUT2D eigenvalue weighted by Gasteiger charge is -2.30. The van der Waals surface area contributed by atoms with Crippen LogP contribution in [0, 0.1) is 16.0 Å². The number of nitrogens with zero attached hydrogens (tertiary/aromatic N) is 3. The third-order valence-corrected chi connectivity index (χ3v) is 4.59. The first-order valence-corrected chi connectivity index (χ1v) is 7.34. The lowest BCUT2D eigenvalue weighted by molar-refractivity contribution is -0.384. The van der Waals surface area contributed by atoms with Crippen molar-refractivity contribution in [3.8, 4) is 0 Å². The van der Waals surface area contributed by atoms with Crippen LogP contribution in [0.25, 0.3) is 0 Å². The molecule has 20 heavy (non-hydrogen) atoms. The van der Waals surface area contributed by atoms with Crippen molar-refractivity contribution in [2.45, 2.75) is 44.6 Å². The van der Waals surface area contributed by atoms with Crippen LogP contribution < -0.4 is 10.6 Å². The molecule has 1 saturated carbocycles. The van der Waals surface area contributed by atoms with Gasteiger partial charge in [-0.3, -0.25) is 10.1 Å². The van der Waals surface area contributed by atoms with Crippen molar-refractivity contribution in [1.82, 2.24) is 4.98 Å². The molecule has 1 atom stereocenters. The van der Waals surface area contributed by atoms with Crippen LogP contribution in [-0.4, -0.2) is 22.5 Å². The molecule has 1 unspecified atom stereocenters. The zero-order chi connectivity index (χ0) is 14.1. The third-order valence-electron chi connectivity index (χ3n) is 4.59. The van der Waals surface area contributed by atoms with Gasteiger partial charge in [0.2, 0.25) is 5.82 Å². The Hall–Kier alpha value is -1.85.